The van der Waals surface area contributed by atoms with Crippen molar-refractivity contribution in [3.05, 3.63) is 68.3 Å². The summed E-state index contributed by atoms with van der Waals surface area (Å²) in [5.41, 5.74) is 9.35. The molecule has 0 aliphatic heterocycles. The Morgan fingerprint density at radius 2 is 1.65 bits per heavy atom. The van der Waals surface area contributed by atoms with Crippen molar-refractivity contribution < 1.29 is 4.42 Å². The molecule has 0 amide bonds. The lowest BCUT2D eigenvalue weighted by Crippen LogP contribution is -2.11. The van der Waals surface area contributed by atoms with Crippen molar-refractivity contribution in [3.63, 3.8) is 0 Å². The molecule has 0 radical (unpaired) electrons. The number of benzene rings is 2. The lowest BCUT2D eigenvalue weighted by molar-refractivity contribution is 0.521. The van der Waals surface area contributed by atoms with Crippen molar-refractivity contribution in [2.75, 3.05) is 0 Å². The molecule has 1 aromatic heterocycles. The molecule has 4 heteroatoms. The van der Waals surface area contributed by atoms with Crippen molar-refractivity contribution in [2.24, 2.45) is 5.73 Å². The predicted octanol–water partition coefficient (Wildman–Crippen LogP) is 5.31. The van der Waals surface area contributed by atoms with Gasteiger partial charge in [-0.2, -0.15) is 0 Å². The summed E-state index contributed by atoms with van der Waals surface area (Å²) in [7, 11) is 0. The van der Waals surface area contributed by atoms with E-state index < -0.39 is 0 Å². The van der Waals surface area contributed by atoms with Crippen LogP contribution in [0.1, 0.15) is 22.9 Å². The second-order valence-electron chi connectivity index (χ2n) is 4.76. The molecule has 1 atom stereocenters. The number of nitrogens with two attached hydrogens (primary N) is 1. The van der Waals surface area contributed by atoms with Gasteiger partial charge in [0, 0.05) is 19.9 Å². The standard InChI is InChI=1S/C16H13Br2NO/c1-9-13-8-12(18)6-7-14(13)20-16(9)15(19)10-2-4-11(17)5-3-10/h2-8,15H,19H2,1H3. The van der Waals surface area contributed by atoms with Crippen molar-refractivity contribution in [2.45, 2.75) is 13.0 Å². The molecule has 2 N–H and O–H groups in total. The summed E-state index contributed by atoms with van der Waals surface area (Å²) in [5.74, 6) is 0.820. The summed E-state index contributed by atoms with van der Waals surface area (Å²) < 4.78 is 8.02. The molecule has 20 heavy (non-hydrogen) atoms. The first-order valence-corrected chi connectivity index (χ1v) is 7.84. The zero-order valence-corrected chi connectivity index (χ0v) is 14.0. The van der Waals surface area contributed by atoms with E-state index >= 15 is 0 Å². The molecule has 0 bridgehead atoms. The first kappa shape index (κ1) is 13.9. The predicted molar refractivity (Wildman–Crippen MR) is 88.8 cm³/mol. The topological polar surface area (TPSA) is 39.2 Å². The first-order valence-electron chi connectivity index (χ1n) is 6.26. The Balaban J connectivity index is 2.09. The highest BCUT2D eigenvalue weighted by atomic mass is 79.9. The highest BCUT2D eigenvalue weighted by Crippen LogP contribution is 2.33. The molecule has 102 valence electrons. The molecule has 0 aliphatic rings. The second kappa shape index (κ2) is 5.35. The zero-order valence-electron chi connectivity index (χ0n) is 10.9. The van der Waals surface area contributed by atoms with E-state index in [1.54, 1.807) is 0 Å². The Labute approximate surface area is 134 Å². The molecule has 1 unspecified atom stereocenters. The number of aryl methyl sites for hydroxylation is 1. The molecular weight excluding hydrogens is 382 g/mol. The van der Waals surface area contributed by atoms with Crippen LogP contribution in [0.3, 0.4) is 0 Å². The van der Waals surface area contributed by atoms with Gasteiger partial charge in [-0.05, 0) is 42.8 Å². The van der Waals surface area contributed by atoms with Gasteiger partial charge < -0.3 is 10.2 Å². The third kappa shape index (κ3) is 2.43. The fourth-order valence-corrected chi connectivity index (χ4v) is 2.96. The minimum Gasteiger partial charge on any atom is -0.459 e. The van der Waals surface area contributed by atoms with Gasteiger partial charge >= 0.3 is 0 Å². The number of fused-ring (bicyclic) bond motifs is 1. The zero-order chi connectivity index (χ0) is 14.3. The summed E-state index contributed by atoms with van der Waals surface area (Å²) in [6, 6.07) is 13.7. The van der Waals surface area contributed by atoms with Crippen LogP contribution in [0.5, 0.6) is 0 Å². The third-order valence-corrected chi connectivity index (χ3v) is 4.47. The van der Waals surface area contributed by atoms with Gasteiger partial charge in [-0.1, -0.05) is 44.0 Å². The molecule has 0 spiro atoms. The van der Waals surface area contributed by atoms with Crippen LogP contribution >= 0.6 is 31.9 Å². The Morgan fingerprint density at radius 1 is 1.00 bits per heavy atom. The summed E-state index contributed by atoms with van der Waals surface area (Å²) >= 11 is 6.92. The van der Waals surface area contributed by atoms with E-state index in [-0.39, 0.29) is 6.04 Å². The SMILES string of the molecule is Cc1c(C(N)c2ccc(Br)cc2)oc2ccc(Br)cc12. The van der Waals surface area contributed by atoms with Crippen LogP contribution in [-0.4, -0.2) is 0 Å². The summed E-state index contributed by atoms with van der Waals surface area (Å²) in [6.07, 6.45) is 0. The maximum atomic E-state index is 6.35. The maximum absolute atomic E-state index is 6.35. The summed E-state index contributed by atoms with van der Waals surface area (Å²) in [5, 5.41) is 1.10. The molecule has 0 saturated carbocycles. The van der Waals surface area contributed by atoms with E-state index in [4.69, 9.17) is 10.2 Å². The molecule has 0 saturated heterocycles. The van der Waals surface area contributed by atoms with E-state index in [1.807, 2.05) is 43.3 Å². The Hall–Kier alpha value is -1.10. The van der Waals surface area contributed by atoms with E-state index in [1.165, 1.54) is 0 Å². The van der Waals surface area contributed by atoms with E-state index in [0.717, 1.165) is 36.8 Å². The van der Waals surface area contributed by atoms with Gasteiger partial charge in [0.2, 0.25) is 0 Å². The van der Waals surface area contributed by atoms with E-state index in [9.17, 15) is 0 Å². The van der Waals surface area contributed by atoms with Crippen molar-refractivity contribution in [1.29, 1.82) is 0 Å². The Morgan fingerprint density at radius 3 is 2.35 bits per heavy atom. The highest BCUT2D eigenvalue weighted by Gasteiger charge is 2.18. The number of rotatable bonds is 2. The van der Waals surface area contributed by atoms with E-state index in [0.29, 0.717) is 0 Å². The van der Waals surface area contributed by atoms with Crippen LogP contribution in [0.15, 0.2) is 55.8 Å². The van der Waals surface area contributed by atoms with Gasteiger partial charge in [0.1, 0.15) is 11.3 Å². The van der Waals surface area contributed by atoms with Gasteiger partial charge in [0.05, 0.1) is 6.04 Å². The van der Waals surface area contributed by atoms with Crippen LogP contribution in [0.4, 0.5) is 0 Å². The molecule has 3 rings (SSSR count). The Bertz CT molecular complexity index is 762. The van der Waals surface area contributed by atoms with Gasteiger partial charge in [0.15, 0.2) is 0 Å². The van der Waals surface area contributed by atoms with Gasteiger partial charge in [-0.15, -0.1) is 0 Å². The van der Waals surface area contributed by atoms with Crippen molar-refractivity contribution >= 4 is 42.8 Å². The molecule has 2 nitrogen and oxygen atoms in total. The largest absolute Gasteiger partial charge is 0.459 e. The maximum Gasteiger partial charge on any atom is 0.134 e. The minimum atomic E-state index is -0.255. The van der Waals surface area contributed by atoms with E-state index in [2.05, 4.69) is 37.9 Å². The summed E-state index contributed by atoms with van der Waals surface area (Å²) in [4.78, 5) is 0. The molecule has 0 fully saturated rings. The first-order chi connectivity index (χ1) is 9.56. The lowest BCUT2D eigenvalue weighted by atomic mass is 10.0. The van der Waals surface area contributed by atoms with Crippen LogP contribution in [0.25, 0.3) is 11.0 Å². The van der Waals surface area contributed by atoms with Crippen LogP contribution in [0.2, 0.25) is 0 Å². The minimum absolute atomic E-state index is 0.255. The van der Waals surface area contributed by atoms with Crippen LogP contribution in [-0.2, 0) is 0 Å². The number of halogens is 2. The molecule has 3 aromatic rings. The molecular formula is C16H13Br2NO. The van der Waals surface area contributed by atoms with Gasteiger partial charge in [-0.25, -0.2) is 0 Å². The average Bonchev–Trinajstić information content (AvgIpc) is 2.76. The number of furan rings is 1. The smallest absolute Gasteiger partial charge is 0.134 e. The number of hydrogen-bond acceptors (Lipinski definition) is 2. The van der Waals surface area contributed by atoms with Crippen molar-refractivity contribution in [1.82, 2.24) is 0 Å². The lowest BCUT2D eigenvalue weighted by Gasteiger charge is -2.10. The fraction of sp³-hybridized carbons (Fsp3) is 0.125. The van der Waals surface area contributed by atoms with Crippen LogP contribution < -0.4 is 5.73 Å². The Kier molecular flexibility index (Phi) is 3.71. The van der Waals surface area contributed by atoms with Gasteiger partial charge in [-0.3, -0.25) is 0 Å². The second-order valence-corrected chi connectivity index (χ2v) is 6.59. The van der Waals surface area contributed by atoms with Crippen LogP contribution in [0, 0.1) is 6.92 Å². The van der Waals surface area contributed by atoms with Crippen molar-refractivity contribution in [3.8, 4) is 0 Å². The normalized spacial score (nSPS) is 12.8. The third-order valence-electron chi connectivity index (χ3n) is 3.45. The molecule has 0 aliphatic carbocycles. The highest BCUT2D eigenvalue weighted by molar-refractivity contribution is 9.10. The summed E-state index contributed by atoms with van der Waals surface area (Å²) in [6.45, 7) is 2.05. The monoisotopic (exact) mass is 393 g/mol. The molecule has 1 heterocycles. The van der Waals surface area contributed by atoms with Gasteiger partial charge in [0.25, 0.3) is 0 Å². The average molecular weight is 395 g/mol. The quantitative estimate of drug-likeness (QED) is 0.639. The number of hydrogen-bond donors (Lipinski definition) is 1. The fourth-order valence-electron chi connectivity index (χ4n) is 2.33. The molecule has 2 aromatic carbocycles.